The molecule has 2 aromatic carbocycles. The van der Waals surface area contributed by atoms with Crippen LogP contribution in [-0.2, 0) is 14.4 Å². The van der Waals surface area contributed by atoms with Crippen LogP contribution in [0.15, 0.2) is 64.7 Å². The van der Waals surface area contributed by atoms with Crippen molar-refractivity contribution in [2.75, 3.05) is 19.6 Å². The van der Waals surface area contributed by atoms with Crippen molar-refractivity contribution in [1.29, 1.82) is 0 Å². The number of nitrogens with two attached hydrogens (primary N) is 4. The van der Waals surface area contributed by atoms with Gasteiger partial charge in [0.25, 0.3) is 0 Å². The van der Waals surface area contributed by atoms with Crippen LogP contribution in [0.5, 0.6) is 0 Å². The van der Waals surface area contributed by atoms with Gasteiger partial charge in [0.15, 0.2) is 5.96 Å². The van der Waals surface area contributed by atoms with Gasteiger partial charge in [-0.3, -0.25) is 30.1 Å². The Kier molecular flexibility index (Phi) is 16.2. The average molecular weight is 541 g/mol. The molecule has 0 aliphatic heterocycles. The van der Waals surface area contributed by atoms with Crippen LogP contribution in [0.4, 0.5) is 0 Å². The van der Waals surface area contributed by atoms with Gasteiger partial charge in [-0.05, 0) is 37.3 Å². The lowest BCUT2D eigenvalue weighted by molar-refractivity contribution is -0.126. The van der Waals surface area contributed by atoms with Gasteiger partial charge in [0.1, 0.15) is 0 Å². The van der Waals surface area contributed by atoms with Crippen LogP contribution >= 0.6 is 0 Å². The molecule has 3 amide bonds. The molecule has 0 saturated heterocycles. The second-order valence-corrected chi connectivity index (χ2v) is 8.40. The number of nitrogens with zero attached hydrogens (tertiary/aromatic N) is 2. The Hall–Kier alpha value is -4.65. The van der Waals surface area contributed by atoms with Crippen molar-refractivity contribution in [3.8, 4) is 11.1 Å². The van der Waals surface area contributed by atoms with Gasteiger partial charge in [-0.25, -0.2) is 5.84 Å². The molecular formula is C26H40N10O3. The molecule has 2 rings (SSSR count). The number of aliphatic imine (C=N–C) groups is 1. The third kappa shape index (κ3) is 15.9. The second-order valence-electron chi connectivity index (χ2n) is 8.40. The SMILES string of the molecule is Cc1ccc(-c2ccccc2)cc1.N/N=C(\NN)NC(=O)CCCC(=O)NCC(=O)NCCCCN=C(N)N. The first kappa shape index (κ1) is 32.4. The molecule has 0 bridgehead atoms. The summed E-state index contributed by atoms with van der Waals surface area (Å²) in [7, 11) is 0. The first-order valence-electron chi connectivity index (χ1n) is 12.5. The van der Waals surface area contributed by atoms with Crippen LogP contribution in [0.25, 0.3) is 11.1 Å². The molecule has 0 aromatic heterocycles. The molecule has 0 unspecified atom stereocenters. The highest BCUT2D eigenvalue weighted by Gasteiger charge is 2.08. The normalized spacial score (nSPS) is 10.4. The summed E-state index contributed by atoms with van der Waals surface area (Å²) in [4.78, 5) is 38.5. The third-order valence-corrected chi connectivity index (χ3v) is 5.14. The van der Waals surface area contributed by atoms with Crippen LogP contribution in [0.1, 0.15) is 37.7 Å². The quantitative estimate of drug-likeness (QED) is 0.0595. The first-order valence-corrected chi connectivity index (χ1v) is 12.5. The Morgan fingerprint density at radius 3 is 2.05 bits per heavy atom. The molecule has 0 heterocycles. The van der Waals surface area contributed by atoms with Gasteiger partial charge in [-0.2, -0.15) is 0 Å². The maximum atomic E-state index is 11.6. The minimum absolute atomic E-state index is 0.0400. The number of nitrogens with one attached hydrogen (secondary N) is 4. The van der Waals surface area contributed by atoms with Crippen LogP contribution < -0.4 is 44.5 Å². The van der Waals surface area contributed by atoms with E-state index in [0.717, 1.165) is 12.8 Å². The van der Waals surface area contributed by atoms with Crippen molar-refractivity contribution in [3.63, 3.8) is 0 Å². The highest BCUT2D eigenvalue weighted by Crippen LogP contribution is 2.18. The zero-order chi connectivity index (χ0) is 28.9. The van der Waals surface area contributed by atoms with Crippen LogP contribution in [0, 0.1) is 6.92 Å². The maximum Gasteiger partial charge on any atom is 0.239 e. The molecular weight excluding hydrogens is 500 g/mol. The number of hydrazine groups is 1. The Labute approximate surface area is 228 Å². The topological polar surface area (TPSA) is 228 Å². The first-order chi connectivity index (χ1) is 18.7. The molecule has 0 saturated carbocycles. The Morgan fingerprint density at radius 1 is 0.795 bits per heavy atom. The number of rotatable bonds is 12. The number of hydrazone groups is 1. The molecule has 0 aliphatic rings. The lowest BCUT2D eigenvalue weighted by Gasteiger charge is -2.07. The lowest BCUT2D eigenvalue weighted by Crippen LogP contribution is -2.45. The molecule has 12 N–H and O–H groups in total. The summed E-state index contributed by atoms with van der Waals surface area (Å²) >= 11 is 0. The average Bonchev–Trinajstić information content (AvgIpc) is 2.93. The van der Waals surface area contributed by atoms with Gasteiger partial charge in [0.05, 0.1) is 6.54 Å². The Balaban J connectivity index is 0.000000480. The van der Waals surface area contributed by atoms with Gasteiger partial charge in [-0.1, -0.05) is 60.2 Å². The van der Waals surface area contributed by atoms with E-state index in [1.54, 1.807) is 0 Å². The second kappa shape index (κ2) is 19.5. The van der Waals surface area contributed by atoms with Gasteiger partial charge in [0.2, 0.25) is 23.7 Å². The highest BCUT2D eigenvalue weighted by atomic mass is 16.2. The van der Waals surface area contributed by atoms with Crippen molar-refractivity contribution in [3.05, 3.63) is 60.2 Å². The maximum absolute atomic E-state index is 11.6. The highest BCUT2D eigenvalue weighted by molar-refractivity contribution is 5.96. The van der Waals surface area contributed by atoms with Gasteiger partial charge in [0, 0.05) is 25.9 Å². The zero-order valence-electron chi connectivity index (χ0n) is 22.3. The third-order valence-electron chi connectivity index (χ3n) is 5.14. The van der Waals surface area contributed by atoms with E-state index in [-0.39, 0.29) is 43.1 Å². The minimum atomic E-state index is -0.390. The van der Waals surface area contributed by atoms with Crippen LogP contribution in [0.2, 0.25) is 0 Å². The van der Waals surface area contributed by atoms with E-state index in [4.69, 9.17) is 23.2 Å². The monoisotopic (exact) mass is 540 g/mol. The summed E-state index contributed by atoms with van der Waals surface area (Å²) < 4.78 is 0. The van der Waals surface area contributed by atoms with Crippen LogP contribution in [-0.4, -0.2) is 49.3 Å². The summed E-state index contributed by atoms with van der Waals surface area (Å²) in [5.41, 5.74) is 16.3. The van der Waals surface area contributed by atoms with Crippen molar-refractivity contribution in [2.24, 2.45) is 33.2 Å². The summed E-state index contributed by atoms with van der Waals surface area (Å²) in [5.74, 6) is 8.96. The number of unbranched alkanes of at least 4 members (excludes halogenated alkanes) is 1. The predicted molar refractivity (Wildman–Crippen MR) is 153 cm³/mol. The van der Waals surface area contributed by atoms with Crippen molar-refractivity contribution in [1.82, 2.24) is 21.4 Å². The number of hydrogen-bond acceptors (Lipinski definition) is 7. The summed E-state index contributed by atoms with van der Waals surface area (Å²) in [6.07, 6.45) is 1.94. The van der Waals surface area contributed by atoms with Gasteiger partial charge >= 0.3 is 0 Å². The number of guanidine groups is 2. The number of benzene rings is 2. The van der Waals surface area contributed by atoms with Crippen molar-refractivity contribution < 1.29 is 14.4 Å². The molecule has 0 fully saturated rings. The molecule has 2 aromatic rings. The molecule has 0 spiro atoms. The van der Waals surface area contributed by atoms with Crippen molar-refractivity contribution in [2.45, 2.75) is 39.0 Å². The number of aryl methyl sites for hydroxylation is 1. The molecule has 13 nitrogen and oxygen atoms in total. The Bertz CT molecular complexity index is 1070. The fourth-order valence-corrected chi connectivity index (χ4v) is 3.09. The fraction of sp³-hybridized carbons (Fsp3) is 0.346. The lowest BCUT2D eigenvalue weighted by atomic mass is 10.0. The summed E-state index contributed by atoms with van der Waals surface area (Å²) in [6.45, 7) is 2.95. The van der Waals surface area contributed by atoms with E-state index in [9.17, 15) is 14.4 Å². The van der Waals surface area contributed by atoms with E-state index in [0.29, 0.717) is 19.5 Å². The van der Waals surface area contributed by atoms with Crippen LogP contribution in [0.3, 0.4) is 0 Å². The van der Waals surface area contributed by atoms with Gasteiger partial charge < -0.3 is 27.9 Å². The standard InChI is InChI=1S/C13H28N10O3.C13H12/c14-12(15)19-7-2-1-6-18-11(26)8-20-9(24)4-3-5-10(25)21-13(22-16)23-17;1-11-7-9-13(10-8-11)12-5-3-2-4-6-12/h1-8,16-17H2,(H,18,26)(H,20,24)(H4,14,15,19)(H2,21,22,23,25);2-10H,1H3. The zero-order valence-corrected chi connectivity index (χ0v) is 22.3. The predicted octanol–water partition coefficient (Wildman–Crippen LogP) is -0.0861. The number of carbonyl (C=O) groups excluding carboxylic acids is 3. The molecule has 212 valence electrons. The van der Waals surface area contributed by atoms with E-state index >= 15 is 0 Å². The van der Waals surface area contributed by atoms with E-state index < -0.39 is 5.91 Å². The number of hydrogen-bond donors (Lipinski definition) is 8. The molecule has 39 heavy (non-hydrogen) atoms. The van der Waals surface area contributed by atoms with E-state index in [2.05, 4.69) is 86.9 Å². The Morgan fingerprint density at radius 2 is 1.44 bits per heavy atom. The largest absolute Gasteiger partial charge is 0.370 e. The molecule has 0 radical (unpaired) electrons. The minimum Gasteiger partial charge on any atom is -0.370 e. The molecule has 0 aliphatic carbocycles. The van der Waals surface area contributed by atoms with Gasteiger partial charge in [-0.15, -0.1) is 5.10 Å². The summed E-state index contributed by atoms with van der Waals surface area (Å²) in [6, 6.07) is 19.0. The fourth-order valence-electron chi connectivity index (χ4n) is 3.09. The van der Waals surface area contributed by atoms with E-state index in [1.165, 1.54) is 16.7 Å². The number of carbonyl (C=O) groups is 3. The molecule has 13 heteroatoms. The summed E-state index contributed by atoms with van der Waals surface area (Å²) in [5, 5.41) is 10.6. The smallest absolute Gasteiger partial charge is 0.239 e. The number of amides is 3. The molecule has 0 atom stereocenters. The van der Waals surface area contributed by atoms with Crippen molar-refractivity contribution >= 4 is 29.6 Å². The van der Waals surface area contributed by atoms with E-state index in [1.807, 2.05) is 6.07 Å².